The molecule has 0 heterocycles. The van der Waals surface area contributed by atoms with Gasteiger partial charge in [-0.15, -0.1) is 0 Å². The Morgan fingerprint density at radius 3 is 2.13 bits per heavy atom. The van der Waals surface area contributed by atoms with Crippen LogP contribution in [0.2, 0.25) is 0 Å². The van der Waals surface area contributed by atoms with Gasteiger partial charge in [0, 0.05) is 29.6 Å². The molecule has 1 nitrogen and oxygen atoms in total. The van der Waals surface area contributed by atoms with Crippen LogP contribution >= 0.6 is 0 Å². The molecule has 1 aromatic rings. The number of hydrogen-bond donors (Lipinski definition) is 1. The summed E-state index contributed by atoms with van der Waals surface area (Å²) in [6.45, 7) is 2.24. The number of hydrogen-bond acceptors (Lipinski definition) is 1. The summed E-state index contributed by atoms with van der Waals surface area (Å²) in [7, 11) is 0. The second-order valence-electron chi connectivity index (χ2n) is 3.83. The molecule has 1 radical (unpaired) electrons. The second-order valence-corrected chi connectivity index (χ2v) is 3.83. The van der Waals surface area contributed by atoms with Gasteiger partial charge in [0.05, 0.1) is 0 Å². The quantitative estimate of drug-likeness (QED) is 0.568. The van der Waals surface area contributed by atoms with Gasteiger partial charge in [0.25, 0.3) is 0 Å². The first-order chi connectivity index (χ1) is 6.83. The minimum Gasteiger partial charge on any atom is -0.508 e. The molecular weight excluding hydrogens is 195 g/mol. The largest absolute Gasteiger partial charge is 0.508 e. The molecule has 0 aliphatic heterocycles. The van der Waals surface area contributed by atoms with Crippen molar-refractivity contribution in [2.45, 2.75) is 45.4 Å². The van der Waals surface area contributed by atoms with E-state index >= 15 is 0 Å². The SMILES string of the molecule is CCCCCCCc1ccc(O)cc1.[Na]. The van der Waals surface area contributed by atoms with Crippen molar-refractivity contribution in [3.05, 3.63) is 29.8 Å². The van der Waals surface area contributed by atoms with Crippen LogP contribution in [0.15, 0.2) is 24.3 Å². The topological polar surface area (TPSA) is 20.2 Å². The number of benzene rings is 1. The summed E-state index contributed by atoms with van der Waals surface area (Å²) in [5, 5.41) is 9.10. The summed E-state index contributed by atoms with van der Waals surface area (Å²) in [5.74, 6) is 0.361. The van der Waals surface area contributed by atoms with Gasteiger partial charge in [0.2, 0.25) is 0 Å². The van der Waals surface area contributed by atoms with E-state index in [0.29, 0.717) is 5.75 Å². The summed E-state index contributed by atoms with van der Waals surface area (Å²) >= 11 is 0. The van der Waals surface area contributed by atoms with Crippen molar-refractivity contribution in [1.82, 2.24) is 0 Å². The number of aryl methyl sites for hydroxylation is 1. The average Bonchev–Trinajstić information content (AvgIpc) is 2.21. The van der Waals surface area contributed by atoms with Crippen LogP contribution in [0.5, 0.6) is 5.75 Å². The Balaban J connectivity index is 0.00000196. The zero-order chi connectivity index (χ0) is 10.2. The molecule has 1 rings (SSSR count). The number of aromatic hydroxyl groups is 1. The molecule has 0 unspecified atom stereocenters. The fourth-order valence-electron chi connectivity index (χ4n) is 1.60. The van der Waals surface area contributed by atoms with Gasteiger partial charge in [-0.1, -0.05) is 44.7 Å². The van der Waals surface area contributed by atoms with Crippen LogP contribution < -0.4 is 0 Å². The van der Waals surface area contributed by atoms with Gasteiger partial charge in [0.15, 0.2) is 0 Å². The third-order valence-corrected chi connectivity index (χ3v) is 2.51. The molecule has 2 heteroatoms. The maximum absolute atomic E-state index is 9.10. The molecule has 0 fully saturated rings. The van der Waals surface area contributed by atoms with Crippen molar-refractivity contribution in [3.63, 3.8) is 0 Å². The standard InChI is InChI=1S/C13H20O.Na/c1-2-3-4-5-6-7-12-8-10-13(14)11-9-12;/h8-11,14H,2-7H2,1H3;. The van der Waals surface area contributed by atoms with E-state index in [0.717, 1.165) is 6.42 Å². The Morgan fingerprint density at radius 2 is 1.53 bits per heavy atom. The Hall–Kier alpha value is 0.0200. The minimum atomic E-state index is 0. The van der Waals surface area contributed by atoms with E-state index in [9.17, 15) is 0 Å². The summed E-state index contributed by atoms with van der Waals surface area (Å²) in [4.78, 5) is 0. The van der Waals surface area contributed by atoms with Crippen LogP contribution in [-0.4, -0.2) is 34.7 Å². The van der Waals surface area contributed by atoms with Crippen LogP contribution in [0.3, 0.4) is 0 Å². The van der Waals surface area contributed by atoms with Crippen molar-refractivity contribution in [1.29, 1.82) is 0 Å². The number of unbranched alkanes of at least 4 members (excludes halogenated alkanes) is 4. The summed E-state index contributed by atoms with van der Waals surface area (Å²) in [5.41, 5.74) is 1.33. The van der Waals surface area contributed by atoms with Crippen LogP contribution in [0.1, 0.15) is 44.6 Å². The van der Waals surface area contributed by atoms with Gasteiger partial charge < -0.3 is 5.11 Å². The first-order valence-corrected chi connectivity index (χ1v) is 5.61. The molecule has 0 aliphatic carbocycles. The van der Waals surface area contributed by atoms with E-state index in [4.69, 9.17) is 5.11 Å². The van der Waals surface area contributed by atoms with Crippen LogP contribution in [-0.2, 0) is 6.42 Å². The van der Waals surface area contributed by atoms with Gasteiger partial charge >= 0.3 is 0 Å². The summed E-state index contributed by atoms with van der Waals surface area (Å²) in [6, 6.07) is 7.55. The third-order valence-electron chi connectivity index (χ3n) is 2.51. The molecule has 1 N–H and O–H groups in total. The zero-order valence-electron chi connectivity index (χ0n) is 10.00. The first-order valence-electron chi connectivity index (χ1n) is 5.61. The maximum Gasteiger partial charge on any atom is 0.115 e. The van der Waals surface area contributed by atoms with E-state index < -0.39 is 0 Å². The molecule has 0 saturated heterocycles. The Labute approximate surface area is 115 Å². The van der Waals surface area contributed by atoms with E-state index in [2.05, 4.69) is 6.92 Å². The molecule has 0 aliphatic rings. The molecular formula is C13H20NaO. The average molecular weight is 215 g/mol. The fourth-order valence-corrected chi connectivity index (χ4v) is 1.60. The van der Waals surface area contributed by atoms with Gasteiger partial charge in [-0.2, -0.15) is 0 Å². The van der Waals surface area contributed by atoms with Gasteiger partial charge in [-0.25, -0.2) is 0 Å². The first kappa shape index (κ1) is 15.0. The van der Waals surface area contributed by atoms with Crippen LogP contribution in [0.4, 0.5) is 0 Å². The van der Waals surface area contributed by atoms with E-state index in [-0.39, 0.29) is 29.6 Å². The molecule has 0 bridgehead atoms. The van der Waals surface area contributed by atoms with Crippen LogP contribution in [0, 0.1) is 0 Å². The van der Waals surface area contributed by atoms with Crippen molar-refractivity contribution < 1.29 is 5.11 Å². The zero-order valence-corrected chi connectivity index (χ0v) is 12.0. The van der Waals surface area contributed by atoms with E-state index in [1.165, 1.54) is 37.7 Å². The second kappa shape index (κ2) is 9.26. The van der Waals surface area contributed by atoms with Crippen molar-refractivity contribution in [2.75, 3.05) is 0 Å². The minimum absolute atomic E-state index is 0. The monoisotopic (exact) mass is 215 g/mol. The molecule has 15 heavy (non-hydrogen) atoms. The van der Waals surface area contributed by atoms with Gasteiger partial charge in [0.1, 0.15) is 5.75 Å². The molecule has 0 amide bonds. The Morgan fingerprint density at radius 1 is 0.933 bits per heavy atom. The predicted molar refractivity (Wildman–Crippen MR) is 66.3 cm³/mol. The number of rotatable bonds is 6. The Kier molecular flexibility index (Phi) is 9.27. The molecule has 79 valence electrons. The fraction of sp³-hybridized carbons (Fsp3) is 0.538. The molecule has 0 spiro atoms. The van der Waals surface area contributed by atoms with Crippen molar-refractivity contribution >= 4 is 29.6 Å². The smallest absolute Gasteiger partial charge is 0.115 e. The predicted octanol–water partition coefficient (Wildman–Crippen LogP) is 3.52. The van der Waals surface area contributed by atoms with Crippen LogP contribution in [0.25, 0.3) is 0 Å². The molecule has 0 saturated carbocycles. The molecule has 0 atom stereocenters. The van der Waals surface area contributed by atoms with E-state index in [1.807, 2.05) is 12.1 Å². The maximum atomic E-state index is 9.10. The molecule has 1 aromatic carbocycles. The normalized spacial score (nSPS) is 9.67. The van der Waals surface area contributed by atoms with E-state index in [1.54, 1.807) is 12.1 Å². The third kappa shape index (κ3) is 6.99. The summed E-state index contributed by atoms with van der Waals surface area (Å²) < 4.78 is 0. The van der Waals surface area contributed by atoms with Gasteiger partial charge in [-0.3, -0.25) is 0 Å². The number of phenols is 1. The number of phenolic OH excluding ortho intramolecular Hbond substituents is 1. The molecule has 0 aromatic heterocycles. The van der Waals surface area contributed by atoms with Crippen molar-refractivity contribution in [3.8, 4) is 5.75 Å². The van der Waals surface area contributed by atoms with Gasteiger partial charge in [-0.05, 0) is 30.5 Å². The Bertz CT molecular complexity index is 243. The van der Waals surface area contributed by atoms with Crippen molar-refractivity contribution in [2.24, 2.45) is 0 Å². The summed E-state index contributed by atoms with van der Waals surface area (Å²) in [6.07, 6.45) is 7.76.